The minimum absolute atomic E-state index is 0.300. The molecule has 0 aliphatic carbocycles. The van der Waals surface area contributed by atoms with E-state index in [9.17, 15) is 4.79 Å². The molecule has 3 heteroatoms. The maximum Gasteiger partial charge on any atom is 0.330 e. The van der Waals surface area contributed by atoms with E-state index in [0.717, 1.165) is 6.42 Å². The first-order valence-electron chi connectivity index (χ1n) is 11.2. The van der Waals surface area contributed by atoms with E-state index in [1.54, 1.807) is 0 Å². The largest absolute Gasteiger partial charge is 0.463 e. The van der Waals surface area contributed by atoms with Gasteiger partial charge < -0.3 is 4.74 Å². The Kier molecular flexibility index (Phi) is 22.5. The number of carbonyl (C=O) groups excluding carboxylic acids is 1. The summed E-state index contributed by atoms with van der Waals surface area (Å²) in [5.74, 6) is -0.300. The van der Waals surface area contributed by atoms with Gasteiger partial charge in [-0.3, -0.25) is 0 Å². The zero-order valence-electron chi connectivity index (χ0n) is 17.1. The molecule has 2 nitrogen and oxygen atoms in total. The van der Waals surface area contributed by atoms with Crippen LogP contribution in [-0.2, 0) is 9.53 Å². The quantitative estimate of drug-likeness (QED) is 0.0793. The summed E-state index contributed by atoms with van der Waals surface area (Å²) in [7, 11) is 0. The van der Waals surface area contributed by atoms with Crippen molar-refractivity contribution in [3.05, 3.63) is 12.7 Å². The normalized spacial score (nSPS) is 10.8. The lowest BCUT2D eigenvalue weighted by Gasteiger charge is -2.04. The number of rotatable bonds is 21. The highest BCUT2D eigenvalue weighted by atomic mass is 79.9. The highest BCUT2D eigenvalue weighted by Crippen LogP contribution is 2.14. The average Bonchev–Trinajstić information content (AvgIpc) is 2.66. The molecule has 0 bridgehead atoms. The van der Waals surface area contributed by atoms with Crippen molar-refractivity contribution in [1.82, 2.24) is 0 Å². The van der Waals surface area contributed by atoms with Crippen molar-refractivity contribution in [2.45, 2.75) is 116 Å². The minimum Gasteiger partial charge on any atom is -0.463 e. The second kappa shape index (κ2) is 22.7. The lowest BCUT2D eigenvalue weighted by molar-refractivity contribution is -0.137. The number of halogens is 1. The molecular formula is C23H43BrO2. The Morgan fingerprint density at radius 3 is 1.23 bits per heavy atom. The van der Waals surface area contributed by atoms with Crippen molar-refractivity contribution >= 4 is 21.9 Å². The predicted molar refractivity (Wildman–Crippen MR) is 118 cm³/mol. The van der Waals surface area contributed by atoms with Gasteiger partial charge >= 0.3 is 5.97 Å². The maximum atomic E-state index is 10.9. The van der Waals surface area contributed by atoms with E-state index >= 15 is 0 Å². The summed E-state index contributed by atoms with van der Waals surface area (Å²) in [6, 6.07) is 0. The zero-order chi connectivity index (χ0) is 19.1. The second-order valence-electron chi connectivity index (χ2n) is 7.42. The average molecular weight is 431 g/mol. The monoisotopic (exact) mass is 430 g/mol. The molecule has 0 fully saturated rings. The fourth-order valence-electron chi connectivity index (χ4n) is 3.26. The van der Waals surface area contributed by atoms with Crippen LogP contribution in [0.3, 0.4) is 0 Å². The van der Waals surface area contributed by atoms with Gasteiger partial charge in [-0.15, -0.1) is 0 Å². The van der Waals surface area contributed by atoms with E-state index < -0.39 is 0 Å². The van der Waals surface area contributed by atoms with Crippen LogP contribution < -0.4 is 0 Å². The summed E-state index contributed by atoms with van der Waals surface area (Å²) in [4.78, 5) is 10.9. The highest BCUT2D eigenvalue weighted by Gasteiger charge is 1.97. The molecule has 0 amide bonds. The van der Waals surface area contributed by atoms with Crippen LogP contribution in [-0.4, -0.2) is 17.9 Å². The van der Waals surface area contributed by atoms with E-state index in [4.69, 9.17) is 4.74 Å². The summed E-state index contributed by atoms with van der Waals surface area (Å²) in [6.07, 6.45) is 25.8. The Balaban J connectivity index is 3.01. The van der Waals surface area contributed by atoms with Crippen molar-refractivity contribution in [2.24, 2.45) is 0 Å². The number of ether oxygens (including phenoxy) is 1. The molecule has 0 aromatic heterocycles. The number of hydrogen-bond donors (Lipinski definition) is 0. The van der Waals surface area contributed by atoms with Gasteiger partial charge in [0.25, 0.3) is 0 Å². The van der Waals surface area contributed by atoms with E-state index in [2.05, 4.69) is 22.5 Å². The van der Waals surface area contributed by atoms with Crippen LogP contribution in [0.15, 0.2) is 12.7 Å². The molecule has 0 saturated heterocycles. The van der Waals surface area contributed by atoms with Crippen LogP contribution >= 0.6 is 15.9 Å². The van der Waals surface area contributed by atoms with Crippen LogP contribution in [0, 0.1) is 0 Å². The Labute approximate surface area is 171 Å². The molecule has 0 aromatic carbocycles. The number of esters is 1. The zero-order valence-corrected chi connectivity index (χ0v) is 18.7. The molecule has 0 aliphatic rings. The van der Waals surface area contributed by atoms with Crippen LogP contribution in [0.25, 0.3) is 0 Å². The van der Waals surface area contributed by atoms with Gasteiger partial charge in [-0.2, -0.15) is 0 Å². The molecule has 0 unspecified atom stereocenters. The van der Waals surface area contributed by atoms with Gasteiger partial charge in [0, 0.05) is 11.4 Å². The first-order chi connectivity index (χ1) is 12.8. The standard InChI is InChI=1S/C23H43BrO2/c1-2-23(25)26-22-20-18-16-14-12-10-8-6-4-3-5-7-9-11-13-15-17-19-21-24/h2H,1,3-22H2. The smallest absolute Gasteiger partial charge is 0.330 e. The van der Waals surface area contributed by atoms with Gasteiger partial charge in [-0.25, -0.2) is 4.79 Å². The SMILES string of the molecule is C=CC(=O)OCCCCCCCCCCCCCCCCCCCCBr. The van der Waals surface area contributed by atoms with E-state index in [0.29, 0.717) is 6.61 Å². The fourth-order valence-corrected chi connectivity index (χ4v) is 3.65. The highest BCUT2D eigenvalue weighted by molar-refractivity contribution is 9.09. The Morgan fingerprint density at radius 1 is 0.615 bits per heavy atom. The van der Waals surface area contributed by atoms with E-state index in [1.807, 2.05) is 0 Å². The second-order valence-corrected chi connectivity index (χ2v) is 8.22. The van der Waals surface area contributed by atoms with Gasteiger partial charge in [0.2, 0.25) is 0 Å². The lowest BCUT2D eigenvalue weighted by atomic mass is 10.0. The van der Waals surface area contributed by atoms with Gasteiger partial charge in [0.05, 0.1) is 6.61 Å². The van der Waals surface area contributed by atoms with Crippen molar-refractivity contribution in [3.63, 3.8) is 0 Å². The molecule has 0 radical (unpaired) electrons. The van der Waals surface area contributed by atoms with Crippen LogP contribution in [0.1, 0.15) is 116 Å². The molecule has 0 saturated carbocycles. The van der Waals surface area contributed by atoms with Crippen molar-refractivity contribution in [2.75, 3.05) is 11.9 Å². The van der Waals surface area contributed by atoms with Crippen LogP contribution in [0.5, 0.6) is 0 Å². The molecule has 0 spiro atoms. The number of hydrogen-bond acceptors (Lipinski definition) is 2. The lowest BCUT2D eigenvalue weighted by Crippen LogP contribution is -2.01. The van der Waals surface area contributed by atoms with Crippen molar-refractivity contribution in [3.8, 4) is 0 Å². The van der Waals surface area contributed by atoms with Crippen molar-refractivity contribution < 1.29 is 9.53 Å². The van der Waals surface area contributed by atoms with Gasteiger partial charge in [-0.1, -0.05) is 125 Å². The first kappa shape index (κ1) is 25.7. The molecule has 0 aromatic rings. The molecule has 0 heterocycles. The van der Waals surface area contributed by atoms with Crippen LogP contribution in [0.2, 0.25) is 0 Å². The van der Waals surface area contributed by atoms with Gasteiger partial charge in [0.15, 0.2) is 0 Å². The molecule has 0 rings (SSSR count). The van der Waals surface area contributed by atoms with E-state index in [-0.39, 0.29) is 5.97 Å². The number of alkyl halides is 1. The number of carbonyl (C=O) groups is 1. The Hall–Kier alpha value is -0.310. The molecule has 0 atom stereocenters. The van der Waals surface area contributed by atoms with Gasteiger partial charge in [0.1, 0.15) is 0 Å². The summed E-state index contributed by atoms with van der Waals surface area (Å²) in [6.45, 7) is 3.93. The van der Waals surface area contributed by atoms with Crippen molar-refractivity contribution in [1.29, 1.82) is 0 Å². The molecule has 0 N–H and O–H groups in total. The Morgan fingerprint density at radius 2 is 0.923 bits per heavy atom. The third-order valence-corrected chi connectivity index (χ3v) is 5.50. The Bertz CT molecular complexity index is 305. The summed E-state index contributed by atoms with van der Waals surface area (Å²) < 4.78 is 4.97. The molecule has 26 heavy (non-hydrogen) atoms. The fraction of sp³-hybridized carbons (Fsp3) is 0.870. The maximum absolute atomic E-state index is 10.9. The minimum atomic E-state index is -0.300. The van der Waals surface area contributed by atoms with E-state index in [1.165, 1.54) is 121 Å². The topological polar surface area (TPSA) is 26.3 Å². The molecule has 154 valence electrons. The third-order valence-electron chi connectivity index (χ3n) is 4.94. The predicted octanol–water partition coefficient (Wildman–Crippen LogP) is 8.13. The first-order valence-corrected chi connectivity index (χ1v) is 12.3. The van der Waals surface area contributed by atoms with Gasteiger partial charge in [-0.05, 0) is 12.8 Å². The number of unbranched alkanes of at least 4 members (excludes halogenated alkanes) is 17. The third kappa shape index (κ3) is 21.7. The summed E-state index contributed by atoms with van der Waals surface area (Å²) >= 11 is 3.49. The molecule has 0 aliphatic heterocycles. The molecular weight excluding hydrogens is 388 g/mol. The summed E-state index contributed by atoms with van der Waals surface area (Å²) in [5, 5.41) is 1.17. The summed E-state index contributed by atoms with van der Waals surface area (Å²) in [5.41, 5.74) is 0. The van der Waals surface area contributed by atoms with Crippen LogP contribution in [0.4, 0.5) is 0 Å².